The van der Waals surface area contributed by atoms with Gasteiger partial charge in [-0.1, -0.05) is 19.1 Å². The molecule has 1 unspecified atom stereocenters. The normalized spacial score (nSPS) is 19.2. The Labute approximate surface area is 120 Å². The Morgan fingerprint density at radius 3 is 3.05 bits per heavy atom. The van der Waals surface area contributed by atoms with Gasteiger partial charge in [0.1, 0.15) is 5.52 Å². The lowest BCUT2D eigenvalue weighted by atomic mass is 10.2. The molecular formula is C16H23N3O. The minimum atomic E-state index is 0.630. The smallest absolute Gasteiger partial charge is 0.209 e. The molecule has 0 saturated carbocycles. The van der Waals surface area contributed by atoms with Gasteiger partial charge in [-0.05, 0) is 44.5 Å². The molecule has 0 amide bonds. The second-order valence-corrected chi connectivity index (χ2v) is 5.60. The summed E-state index contributed by atoms with van der Waals surface area (Å²) in [6.45, 7) is 6.37. The summed E-state index contributed by atoms with van der Waals surface area (Å²) in [6.07, 6.45) is 3.74. The first kappa shape index (κ1) is 13.6. The van der Waals surface area contributed by atoms with E-state index in [1.807, 2.05) is 24.3 Å². The molecule has 1 atom stereocenters. The number of nitrogens with one attached hydrogen (secondary N) is 1. The van der Waals surface area contributed by atoms with E-state index in [1.165, 1.54) is 12.8 Å². The Hall–Kier alpha value is -1.39. The molecule has 1 aromatic carbocycles. The average Bonchev–Trinajstić information content (AvgIpc) is 3.07. The quantitative estimate of drug-likeness (QED) is 0.878. The first-order valence-corrected chi connectivity index (χ1v) is 7.65. The van der Waals surface area contributed by atoms with Gasteiger partial charge in [-0.15, -0.1) is 0 Å². The standard InChI is InChI=1S/C16H23N3O/c1-2-10-19(11-13-6-5-9-17-13)12-16-18-14-7-3-4-8-15(14)20-16/h3-4,7-8,13,17H,2,5-6,9-12H2,1H3. The van der Waals surface area contributed by atoms with Crippen LogP contribution in [0.3, 0.4) is 0 Å². The Kier molecular flexibility index (Phi) is 4.33. The van der Waals surface area contributed by atoms with Crippen LogP contribution < -0.4 is 5.32 Å². The molecule has 20 heavy (non-hydrogen) atoms. The van der Waals surface area contributed by atoms with Crippen molar-refractivity contribution in [1.82, 2.24) is 15.2 Å². The van der Waals surface area contributed by atoms with E-state index in [0.717, 1.165) is 49.6 Å². The fraction of sp³-hybridized carbons (Fsp3) is 0.562. The van der Waals surface area contributed by atoms with Gasteiger partial charge < -0.3 is 9.73 Å². The van der Waals surface area contributed by atoms with Crippen LogP contribution in [0.5, 0.6) is 0 Å². The summed E-state index contributed by atoms with van der Waals surface area (Å²) < 4.78 is 5.84. The van der Waals surface area contributed by atoms with Gasteiger partial charge in [0.25, 0.3) is 0 Å². The fourth-order valence-electron chi connectivity index (χ4n) is 2.95. The number of oxazole rings is 1. The highest BCUT2D eigenvalue weighted by molar-refractivity contribution is 5.72. The number of fused-ring (bicyclic) bond motifs is 1. The van der Waals surface area contributed by atoms with Crippen LogP contribution in [-0.4, -0.2) is 35.6 Å². The summed E-state index contributed by atoms with van der Waals surface area (Å²) in [7, 11) is 0. The molecular weight excluding hydrogens is 250 g/mol. The molecule has 0 radical (unpaired) electrons. The highest BCUT2D eigenvalue weighted by atomic mass is 16.3. The van der Waals surface area contributed by atoms with E-state index in [4.69, 9.17) is 4.42 Å². The Morgan fingerprint density at radius 1 is 1.40 bits per heavy atom. The number of rotatable bonds is 6. The maximum absolute atomic E-state index is 5.84. The molecule has 0 bridgehead atoms. The summed E-state index contributed by atoms with van der Waals surface area (Å²) in [5, 5.41) is 3.57. The monoisotopic (exact) mass is 273 g/mol. The molecule has 2 aromatic rings. The third kappa shape index (κ3) is 3.19. The zero-order valence-corrected chi connectivity index (χ0v) is 12.1. The van der Waals surface area contributed by atoms with Crippen LogP contribution in [0, 0.1) is 0 Å². The largest absolute Gasteiger partial charge is 0.439 e. The molecule has 1 aromatic heterocycles. The number of aromatic nitrogens is 1. The lowest BCUT2D eigenvalue weighted by Gasteiger charge is -2.23. The number of hydrogen-bond acceptors (Lipinski definition) is 4. The van der Waals surface area contributed by atoms with Crippen LogP contribution in [0.1, 0.15) is 32.1 Å². The summed E-state index contributed by atoms with van der Waals surface area (Å²) in [6, 6.07) is 8.61. The predicted molar refractivity (Wildman–Crippen MR) is 80.6 cm³/mol. The molecule has 1 aliphatic heterocycles. The number of benzene rings is 1. The molecule has 0 aliphatic carbocycles. The van der Waals surface area contributed by atoms with E-state index in [1.54, 1.807) is 0 Å². The van der Waals surface area contributed by atoms with E-state index < -0.39 is 0 Å². The molecule has 4 heteroatoms. The Bertz CT molecular complexity index is 512. The van der Waals surface area contributed by atoms with Crippen LogP contribution >= 0.6 is 0 Å². The van der Waals surface area contributed by atoms with Crippen LogP contribution in [0.2, 0.25) is 0 Å². The van der Waals surface area contributed by atoms with Gasteiger partial charge in [0, 0.05) is 12.6 Å². The van der Waals surface area contributed by atoms with Gasteiger partial charge in [0.15, 0.2) is 5.58 Å². The van der Waals surface area contributed by atoms with Crippen molar-refractivity contribution < 1.29 is 4.42 Å². The van der Waals surface area contributed by atoms with Crippen molar-refractivity contribution >= 4 is 11.1 Å². The van der Waals surface area contributed by atoms with Gasteiger partial charge in [-0.3, -0.25) is 4.90 Å². The van der Waals surface area contributed by atoms with Crippen molar-refractivity contribution in [1.29, 1.82) is 0 Å². The summed E-state index contributed by atoms with van der Waals surface area (Å²) >= 11 is 0. The second kappa shape index (κ2) is 6.37. The number of hydrogen-bond donors (Lipinski definition) is 1. The van der Waals surface area contributed by atoms with Crippen LogP contribution in [0.25, 0.3) is 11.1 Å². The average molecular weight is 273 g/mol. The minimum Gasteiger partial charge on any atom is -0.439 e. The van der Waals surface area contributed by atoms with Gasteiger partial charge in [0.05, 0.1) is 6.54 Å². The zero-order chi connectivity index (χ0) is 13.8. The highest BCUT2D eigenvalue weighted by Gasteiger charge is 2.19. The van der Waals surface area contributed by atoms with Crippen LogP contribution in [0.15, 0.2) is 28.7 Å². The van der Waals surface area contributed by atoms with Gasteiger partial charge >= 0.3 is 0 Å². The van der Waals surface area contributed by atoms with Gasteiger partial charge in [-0.25, -0.2) is 4.98 Å². The van der Waals surface area contributed by atoms with E-state index in [-0.39, 0.29) is 0 Å². The van der Waals surface area contributed by atoms with Crippen molar-refractivity contribution in [2.75, 3.05) is 19.6 Å². The third-order valence-corrected chi connectivity index (χ3v) is 3.88. The molecule has 108 valence electrons. The molecule has 1 saturated heterocycles. The van der Waals surface area contributed by atoms with Gasteiger partial charge in [-0.2, -0.15) is 0 Å². The molecule has 0 spiro atoms. The lowest BCUT2D eigenvalue weighted by Crippen LogP contribution is -2.37. The Balaban J connectivity index is 1.68. The maximum atomic E-state index is 5.84. The summed E-state index contributed by atoms with van der Waals surface area (Å²) in [5.74, 6) is 0.831. The zero-order valence-electron chi connectivity index (χ0n) is 12.1. The second-order valence-electron chi connectivity index (χ2n) is 5.60. The van der Waals surface area contributed by atoms with Crippen molar-refractivity contribution in [3.8, 4) is 0 Å². The molecule has 2 heterocycles. The molecule has 1 N–H and O–H groups in total. The highest BCUT2D eigenvalue weighted by Crippen LogP contribution is 2.17. The van der Waals surface area contributed by atoms with Crippen molar-refractivity contribution in [2.45, 2.75) is 38.8 Å². The molecule has 1 fully saturated rings. The minimum absolute atomic E-state index is 0.630. The molecule has 3 rings (SSSR count). The number of para-hydroxylation sites is 2. The van der Waals surface area contributed by atoms with E-state index in [9.17, 15) is 0 Å². The maximum Gasteiger partial charge on any atom is 0.209 e. The van der Waals surface area contributed by atoms with E-state index in [0.29, 0.717) is 6.04 Å². The first-order valence-electron chi connectivity index (χ1n) is 7.65. The SMILES string of the molecule is CCCN(Cc1nc2ccccc2o1)CC1CCCN1. The van der Waals surface area contributed by atoms with Gasteiger partial charge in [0.2, 0.25) is 5.89 Å². The van der Waals surface area contributed by atoms with Crippen LogP contribution in [0.4, 0.5) is 0 Å². The first-order chi connectivity index (χ1) is 9.85. The van der Waals surface area contributed by atoms with Crippen molar-refractivity contribution in [2.24, 2.45) is 0 Å². The van der Waals surface area contributed by atoms with E-state index in [2.05, 4.69) is 22.1 Å². The van der Waals surface area contributed by atoms with Crippen molar-refractivity contribution in [3.63, 3.8) is 0 Å². The van der Waals surface area contributed by atoms with Crippen LogP contribution in [-0.2, 0) is 6.54 Å². The molecule has 4 nitrogen and oxygen atoms in total. The number of nitrogens with zero attached hydrogens (tertiary/aromatic N) is 2. The Morgan fingerprint density at radius 2 is 2.30 bits per heavy atom. The van der Waals surface area contributed by atoms with E-state index >= 15 is 0 Å². The molecule has 1 aliphatic rings. The summed E-state index contributed by atoms with van der Waals surface area (Å²) in [5.41, 5.74) is 1.84. The third-order valence-electron chi connectivity index (χ3n) is 3.88. The summed E-state index contributed by atoms with van der Waals surface area (Å²) in [4.78, 5) is 7.03. The predicted octanol–water partition coefficient (Wildman–Crippen LogP) is 2.79. The van der Waals surface area contributed by atoms with Crippen molar-refractivity contribution in [3.05, 3.63) is 30.2 Å². The fourth-order valence-corrected chi connectivity index (χ4v) is 2.95. The topological polar surface area (TPSA) is 41.3 Å². The lowest BCUT2D eigenvalue weighted by molar-refractivity contribution is 0.221.